The number of benzene rings is 8. The Morgan fingerprint density at radius 3 is 1.59 bits per heavy atom. The third-order valence-corrected chi connectivity index (χ3v) is 11.1. The average Bonchev–Trinajstić information content (AvgIpc) is 3.87. The van der Waals surface area contributed by atoms with Gasteiger partial charge >= 0.3 is 0 Å². The number of aromatic nitrogens is 1. The number of nitrogens with one attached hydrogen (secondary N) is 1. The summed E-state index contributed by atoms with van der Waals surface area (Å²) in [6.07, 6.45) is -0.428. The molecule has 0 spiro atoms. The van der Waals surface area contributed by atoms with Gasteiger partial charge in [0.2, 0.25) is 0 Å². The van der Waals surface area contributed by atoms with Crippen LogP contribution < -0.4 is 5.32 Å². The largest absolute Gasteiger partial charge is 0.455 e. The van der Waals surface area contributed by atoms with Gasteiger partial charge in [0.25, 0.3) is 0 Å². The molecule has 0 saturated heterocycles. The second-order valence-corrected chi connectivity index (χ2v) is 14.6. The van der Waals surface area contributed by atoms with Crippen molar-refractivity contribution in [3.05, 3.63) is 223 Å². The highest BCUT2D eigenvalue weighted by Gasteiger charge is 2.24. The van der Waals surface area contributed by atoms with Crippen molar-refractivity contribution >= 4 is 44.4 Å². The fourth-order valence-corrected chi connectivity index (χ4v) is 8.30. The molecule has 3 heterocycles. The highest BCUT2D eigenvalue weighted by molar-refractivity contribution is 6.22. The van der Waals surface area contributed by atoms with Gasteiger partial charge in [0, 0.05) is 38.7 Å². The summed E-state index contributed by atoms with van der Waals surface area (Å²) in [6.45, 7) is 0. The van der Waals surface area contributed by atoms with Gasteiger partial charge in [-0.25, -0.2) is 9.98 Å². The number of rotatable bonds is 7. The summed E-state index contributed by atoms with van der Waals surface area (Å²) in [5.41, 5.74) is 12.8. The van der Waals surface area contributed by atoms with Crippen molar-refractivity contribution < 1.29 is 4.42 Å². The second-order valence-electron chi connectivity index (χ2n) is 14.6. The molecule has 8 aromatic carbocycles. The molecule has 1 aliphatic rings. The Hall–Kier alpha value is -7.76. The van der Waals surface area contributed by atoms with E-state index in [2.05, 4.69) is 186 Å². The number of hydrogen-bond acceptors (Lipinski definition) is 4. The Balaban J connectivity index is 1.02. The Kier molecular flexibility index (Phi) is 8.14. The van der Waals surface area contributed by atoms with Crippen LogP contribution in [0.3, 0.4) is 0 Å². The first-order valence-electron chi connectivity index (χ1n) is 19.6. The predicted octanol–water partition coefficient (Wildman–Crippen LogP) is 13.0. The lowest BCUT2D eigenvalue weighted by atomic mass is 9.98. The van der Waals surface area contributed by atoms with Gasteiger partial charge in [0.05, 0.1) is 16.4 Å². The molecule has 0 saturated carbocycles. The minimum Gasteiger partial charge on any atom is -0.455 e. The highest BCUT2D eigenvalue weighted by atomic mass is 16.3. The fourth-order valence-electron chi connectivity index (χ4n) is 8.30. The average molecular weight is 745 g/mol. The van der Waals surface area contributed by atoms with E-state index in [0.29, 0.717) is 0 Å². The summed E-state index contributed by atoms with van der Waals surface area (Å²) in [5, 5.41) is 6.88. The van der Waals surface area contributed by atoms with Crippen LogP contribution in [0.2, 0.25) is 0 Å². The molecule has 5 nitrogen and oxygen atoms in total. The summed E-state index contributed by atoms with van der Waals surface area (Å²) in [5.74, 6) is 2.46. The van der Waals surface area contributed by atoms with E-state index in [-0.39, 0.29) is 0 Å². The van der Waals surface area contributed by atoms with Crippen molar-refractivity contribution in [3.63, 3.8) is 0 Å². The Bertz CT molecular complexity index is 3150. The van der Waals surface area contributed by atoms with Gasteiger partial charge in [-0.15, -0.1) is 0 Å². The van der Waals surface area contributed by atoms with E-state index in [1.165, 1.54) is 5.56 Å². The van der Waals surface area contributed by atoms with Gasteiger partial charge in [0.1, 0.15) is 23.0 Å². The number of amidine groups is 2. The van der Waals surface area contributed by atoms with Crippen molar-refractivity contribution in [2.45, 2.75) is 6.17 Å². The Morgan fingerprint density at radius 2 is 0.931 bits per heavy atom. The van der Waals surface area contributed by atoms with E-state index in [1.54, 1.807) is 0 Å². The molecule has 5 heteroatoms. The van der Waals surface area contributed by atoms with E-state index in [4.69, 9.17) is 14.4 Å². The van der Waals surface area contributed by atoms with Gasteiger partial charge in [-0.2, -0.15) is 0 Å². The molecule has 58 heavy (non-hydrogen) atoms. The van der Waals surface area contributed by atoms with Crippen LogP contribution in [0.4, 0.5) is 0 Å². The standard InChI is InChI=1S/C53H36N4O/c1-5-15-35(16-6-1)36-25-27-40(28-26-36)52-54-51(39-21-11-4-12-22-39)55-53(56-52)41-29-31-42(32-30-41)57-45-24-14-13-23-43(45)48-46(57)34-33-44-47(37-17-7-2-8-18-37)49(58-50(44)48)38-19-9-3-10-20-38/h1-34,53H,(H,54,55,56). The van der Waals surface area contributed by atoms with Gasteiger partial charge in [-0.1, -0.05) is 176 Å². The molecular formula is C53H36N4O. The summed E-state index contributed by atoms with van der Waals surface area (Å²) in [4.78, 5) is 10.3. The van der Waals surface area contributed by atoms with Crippen LogP contribution >= 0.6 is 0 Å². The molecule has 2 aromatic heterocycles. The highest BCUT2D eigenvalue weighted by Crippen LogP contribution is 2.46. The van der Waals surface area contributed by atoms with Crippen molar-refractivity contribution in [2.75, 3.05) is 0 Å². The monoisotopic (exact) mass is 744 g/mol. The molecular weight excluding hydrogens is 709 g/mol. The topological polar surface area (TPSA) is 54.8 Å². The van der Waals surface area contributed by atoms with Crippen LogP contribution in [0.15, 0.2) is 221 Å². The zero-order valence-corrected chi connectivity index (χ0v) is 31.5. The molecule has 0 bridgehead atoms. The molecule has 0 radical (unpaired) electrons. The van der Waals surface area contributed by atoms with Gasteiger partial charge in [-0.05, 0) is 52.6 Å². The number of aliphatic imine (C=N–C) groups is 2. The summed E-state index contributed by atoms with van der Waals surface area (Å²) in [7, 11) is 0. The van der Waals surface area contributed by atoms with Crippen molar-refractivity contribution in [2.24, 2.45) is 9.98 Å². The molecule has 1 aliphatic heterocycles. The maximum Gasteiger partial charge on any atom is 0.169 e. The fraction of sp³-hybridized carbons (Fsp3) is 0.0189. The molecule has 1 unspecified atom stereocenters. The molecule has 274 valence electrons. The van der Waals surface area contributed by atoms with Gasteiger partial charge in [0.15, 0.2) is 6.17 Å². The third kappa shape index (κ3) is 5.80. The lowest BCUT2D eigenvalue weighted by Crippen LogP contribution is -2.36. The quantitative estimate of drug-likeness (QED) is 0.177. The molecule has 1 atom stereocenters. The third-order valence-electron chi connectivity index (χ3n) is 11.1. The van der Waals surface area contributed by atoms with Crippen LogP contribution in [0, 0.1) is 0 Å². The molecule has 1 N–H and O–H groups in total. The van der Waals surface area contributed by atoms with Crippen LogP contribution in [0.25, 0.3) is 72.0 Å². The molecule has 0 amide bonds. The SMILES string of the molecule is c1ccc(C2=NC(c3ccc(-n4c5ccccc5c5c6oc(-c7ccccc7)c(-c7ccccc7)c6ccc54)cc3)N=C(c3ccc(-c4ccccc4)cc3)N2)cc1. The van der Waals surface area contributed by atoms with E-state index >= 15 is 0 Å². The molecule has 0 aliphatic carbocycles. The van der Waals surface area contributed by atoms with Crippen molar-refractivity contribution in [1.29, 1.82) is 0 Å². The van der Waals surface area contributed by atoms with Crippen LogP contribution in [-0.4, -0.2) is 16.2 Å². The van der Waals surface area contributed by atoms with Gasteiger partial charge < -0.3 is 14.3 Å². The molecule has 10 aromatic rings. The number of hydrogen-bond donors (Lipinski definition) is 1. The number of nitrogens with zero attached hydrogens (tertiary/aromatic N) is 3. The zero-order chi connectivity index (χ0) is 38.4. The predicted molar refractivity (Wildman–Crippen MR) is 239 cm³/mol. The molecule has 0 fully saturated rings. The van der Waals surface area contributed by atoms with Gasteiger partial charge in [-0.3, -0.25) is 0 Å². The Labute approximate surface area is 335 Å². The van der Waals surface area contributed by atoms with E-state index < -0.39 is 6.17 Å². The number of fused-ring (bicyclic) bond motifs is 5. The minimum atomic E-state index is -0.428. The number of para-hydroxylation sites is 1. The first-order chi connectivity index (χ1) is 28.8. The van der Waals surface area contributed by atoms with Crippen LogP contribution in [0.1, 0.15) is 22.9 Å². The lowest BCUT2D eigenvalue weighted by molar-refractivity contribution is 0.636. The first kappa shape index (κ1) is 33.6. The van der Waals surface area contributed by atoms with Crippen molar-refractivity contribution in [3.8, 4) is 39.3 Å². The summed E-state index contributed by atoms with van der Waals surface area (Å²) >= 11 is 0. The maximum atomic E-state index is 6.98. The second kappa shape index (κ2) is 14.1. The smallest absolute Gasteiger partial charge is 0.169 e. The Morgan fingerprint density at radius 1 is 0.414 bits per heavy atom. The van der Waals surface area contributed by atoms with Crippen molar-refractivity contribution in [1.82, 2.24) is 9.88 Å². The summed E-state index contributed by atoms with van der Waals surface area (Å²) in [6, 6.07) is 72.0. The van der Waals surface area contributed by atoms with E-state index in [1.807, 2.05) is 30.3 Å². The lowest BCUT2D eigenvalue weighted by Gasteiger charge is -2.22. The first-order valence-corrected chi connectivity index (χ1v) is 19.6. The van der Waals surface area contributed by atoms with E-state index in [9.17, 15) is 0 Å². The zero-order valence-electron chi connectivity index (χ0n) is 31.5. The molecule has 11 rings (SSSR count). The van der Waals surface area contributed by atoms with E-state index in [0.717, 1.165) is 94.8 Å². The number of furan rings is 1. The minimum absolute atomic E-state index is 0.428. The van der Waals surface area contributed by atoms with Crippen LogP contribution in [-0.2, 0) is 0 Å². The van der Waals surface area contributed by atoms with Crippen LogP contribution in [0.5, 0.6) is 0 Å². The maximum absolute atomic E-state index is 6.98. The normalized spacial score (nSPS) is 14.0. The summed E-state index contributed by atoms with van der Waals surface area (Å²) < 4.78 is 9.32.